The van der Waals surface area contributed by atoms with E-state index in [0.717, 1.165) is 28.8 Å². The van der Waals surface area contributed by atoms with Gasteiger partial charge in [-0.25, -0.2) is 9.78 Å². The Bertz CT molecular complexity index is 935. The molecular formula is C19H18Cl2N2O2. The summed E-state index contributed by atoms with van der Waals surface area (Å²) in [7, 11) is 0. The van der Waals surface area contributed by atoms with Crippen LogP contribution < -0.4 is 0 Å². The highest BCUT2D eigenvalue weighted by Gasteiger charge is 2.13. The lowest BCUT2D eigenvalue weighted by atomic mass is 10.1. The van der Waals surface area contributed by atoms with E-state index in [2.05, 4.69) is 9.55 Å². The van der Waals surface area contributed by atoms with E-state index in [0.29, 0.717) is 28.8 Å². The number of aryl methyl sites for hydroxylation is 3. The van der Waals surface area contributed by atoms with Crippen LogP contribution in [0.15, 0.2) is 36.4 Å². The van der Waals surface area contributed by atoms with Crippen molar-refractivity contribution in [3.05, 3.63) is 63.4 Å². The summed E-state index contributed by atoms with van der Waals surface area (Å²) in [6, 6.07) is 10.9. The van der Waals surface area contributed by atoms with Gasteiger partial charge in [-0.1, -0.05) is 29.3 Å². The van der Waals surface area contributed by atoms with Gasteiger partial charge in [-0.3, -0.25) is 0 Å². The largest absolute Gasteiger partial charge is 0.462 e. The maximum atomic E-state index is 12.0. The summed E-state index contributed by atoms with van der Waals surface area (Å²) in [5.41, 5.74) is 3.31. The Morgan fingerprint density at radius 2 is 2.00 bits per heavy atom. The molecule has 1 aromatic heterocycles. The molecule has 0 unspecified atom stereocenters. The van der Waals surface area contributed by atoms with Crippen LogP contribution in [0.4, 0.5) is 0 Å². The molecule has 25 heavy (non-hydrogen) atoms. The Morgan fingerprint density at radius 1 is 1.20 bits per heavy atom. The molecule has 0 aliphatic heterocycles. The molecule has 1 heterocycles. The monoisotopic (exact) mass is 376 g/mol. The fourth-order valence-corrected chi connectivity index (χ4v) is 3.33. The van der Waals surface area contributed by atoms with Crippen molar-refractivity contribution in [2.75, 3.05) is 6.61 Å². The van der Waals surface area contributed by atoms with E-state index in [-0.39, 0.29) is 5.97 Å². The number of esters is 1. The van der Waals surface area contributed by atoms with Crippen LogP contribution in [0.2, 0.25) is 10.0 Å². The van der Waals surface area contributed by atoms with Crippen LogP contribution in [-0.2, 0) is 17.7 Å². The number of carbonyl (C=O) groups is 1. The lowest BCUT2D eigenvalue weighted by Crippen LogP contribution is -2.06. The highest BCUT2D eigenvalue weighted by molar-refractivity contribution is 6.35. The summed E-state index contributed by atoms with van der Waals surface area (Å²) >= 11 is 12.2. The second kappa shape index (κ2) is 7.46. The van der Waals surface area contributed by atoms with Crippen LogP contribution in [0.3, 0.4) is 0 Å². The smallest absolute Gasteiger partial charge is 0.338 e. The molecule has 0 aliphatic carbocycles. The summed E-state index contributed by atoms with van der Waals surface area (Å²) in [6.45, 7) is 4.80. The second-order valence-corrected chi connectivity index (χ2v) is 6.56. The highest BCUT2D eigenvalue weighted by atomic mass is 35.5. The first kappa shape index (κ1) is 17.8. The summed E-state index contributed by atoms with van der Waals surface area (Å²) in [4.78, 5) is 16.5. The molecule has 0 N–H and O–H groups in total. The van der Waals surface area contributed by atoms with Crippen LogP contribution >= 0.6 is 23.2 Å². The van der Waals surface area contributed by atoms with Crippen molar-refractivity contribution in [1.29, 1.82) is 0 Å². The normalized spacial score (nSPS) is 11.0. The molecule has 0 fully saturated rings. The van der Waals surface area contributed by atoms with Crippen molar-refractivity contribution in [3.63, 3.8) is 0 Å². The Labute approximate surface area is 156 Å². The number of carbonyl (C=O) groups excluding carboxylic acids is 1. The number of nitrogens with zero attached hydrogens (tertiary/aromatic N) is 2. The standard InChI is InChI=1S/C19H18Cl2N2O2/c1-3-25-19(24)14-5-7-17-18(10-14)23(12(2)22-17)9-8-13-4-6-15(20)11-16(13)21/h4-7,10-11H,3,8-9H2,1-2H3. The molecule has 0 saturated heterocycles. The second-order valence-electron chi connectivity index (χ2n) is 5.72. The van der Waals surface area contributed by atoms with Gasteiger partial charge in [0, 0.05) is 16.6 Å². The molecule has 0 saturated carbocycles. The molecule has 0 bridgehead atoms. The summed E-state index contributed by atoms with van der Waals surface area (Å²) < 4.78 is 7.17. The molecule has 0 amide bonds. The number of halogens is 2. The molecule has 4 nitrogen and oxygen atoms in total. The quantitative estimate of drug-likeness (QED) is 0.583. The van der Waals surface area contributed by atoms with Crippen LogP contribution in [0.25, 0.3) is 11.0 Å². The van der Waals surface area contributed by atoms with Crippen molar-refractivity contribution in [2.45, 2.75) is 26.8 Å². The minimum atomic E-state index is -0.324. The minimum Gasteiger partial charge on any atom is -0.462 e. The van der Waals surface area contributed by atoms with Gasteiger partial charge in [-0.05, 0) is 56.2 Å². The van der Waals surface area contributed by atoms with Gasteiger partial charge in [0.05, 0.1) is 23.2 Å². The summed E-state index contributed by atoms with van der Waals surface area (Å²) in [5, 5.41) is 1.28. The molecule has 0 spiro atoms. The van der Waals surface area contributed by atoms with Gasteiger partial charge in [-0.2, -0.15) is 0 Å². The van der Waals surface area contributed by atoms with E-state index in [9.17, 15) is 4.79 Å². The molecular weight excluding hydrogens is 359 g/mol. The van der Waals surface area contributed by atoms with E-state index in [1.54, 1.807) is 19.1 Å². The van der Waals surface area contributed by atoms with E-state index in [1.807, 2.05) is 31.2 Å². The minimum absolute atomic E-state index is 0.324. The Morgan fingerprint density at radius 3 is 2.72 bits per heavy atom. The van der Waals surface area contributed by atoms with Gasteiger partial charge in [0.1, 0.15) is 5.82 Å². The first-order chi connectivity index (χ1) is 12.0. The maximum Gasteiger partial charge on any atom is 0.338 e. The van der Waals surface area contributed by atoms with E-state index >= 15 is 0 Å². The van der Waals surface area contributed by atoms with Gasteiger partial charge >= 0.3 is 5.97 Å². The summed E-state index contributed by atoms with van der Waals surface area (Å²) in [5.74, 6) is 0.566. The van der Waals surface area contributed by atoms with Gasteiger partial charge in [-0.15, -0.1) is 0 Å². The lowest BCUT2D eigenvalue weighted by Gasteiger charge is -2.09. The van der Waals surface area contributed by atoms with Crippen molar-refractivity contribution in [2.24, 2.45) is 0 Å². The Kier molecular flexibility index (Phi) is 5.30. The number of imidazole rings is 1. The number of hydrogen-bond donors (Lipinski definition) is 0. The predicted octanol–water partition coefficient (Wildman–Crippen LogP) is 5.07. The van der Waals surface area contributed by atoms with Crippen LogP contribution in [0, 0.1) is 6.92 Å². The van der Waals surface area contributed by atoms with E-state index < -0.39 is 0 Å². The van der Waals surface area contributed by atoms with Crippen molar-refractivity contribution in [1.82, 2.24) is 9.55 Å². The van der Waals surface area contributed by atoms with Gasteiger partial charge in [0.25, 0.3) is 0 Å². The number of benzene rings is 2. The van der Waals surface area contributed by atoms with Gasteiger partial charge in [0.2, 0.25) is 0 Å². The van der Waals surface area contributed by atoms with Gasteiger partial charge in [0.15, 0.2) is 0 Å². The first-order valence-corrected chi connectivity index (χ1v) is 8.83. The fourth-order valence-electron chi connectivity index (χ4n) is 2.82. The van der Waals surface area contributed by atoms with Crippen molar-refractivity contribution < 1.29 is 9.53 Å². The van der Waals surface area contributed by atoms with Gasteiger partial charge < -0.3 is 9.30 Å². The zero-order valence-electron chi connectivity index (χ0n) is 14.1. The predicted molar refractivity (Wildman–Crippen MR) is 101 cm³/mol. The fraction of sp³-hybridized carbons (Fsp3) is 0.263. The van der Waals surface area contributed by atoms with E-state index in [4.69, 9.17) is 27.9 Å². The molecule has 0 atom stereocenters. The van der Waals surface area contributed by atoms with Crippen LogP contribution in [-0.4, -0.2) is 22.1 Å². The number of aromatic nitrogens is 2. The van der Waals surface area contributed by atoms with Crippen molar-refractivity contribution in [3.8, 4) is 0 Å². The Balaban J connectivity index is 1.90. The van der Waals surface area contributed by atoms with E-state index in [1.165, 1.54) is 0 Å². The SMILES string of the molecule is CCOC(=O)c1ccc2nc(C)n(CCc3ccc(Cl)cc3Cl)c2c1. The lowest BCUT2D eigenvalue weighted by molar-refractivity contribution is 0.0526. The average molecular weight is 377 g/mol. The third-order valence-corrected chi connectivity index (χ3v) is 4.66. The maximum absolute atomic E-state index is 12.0. The first-order valence-electron chi connectivity index (χ1n) is 8.07. The third kappa shape index (κ3) is 3.80. The third-order valence-electron chi connectivity index (χ3n) is 4.07. The molecule has 6 heteroatoms. The van der Waals surface area contributed by atoms with Crippen LogP contribution in [0.5, 0.6) is 0 Å². The molecule has 0 aliphatic rings. The highest BCUT2D eigenvalue weighted by Crippen LogP contribution is 2.23. The zero-order chi connectivity index (χ0) is 18.0. The Hall–Kier alpha value is -2.04. The van der Waals surface area contributed by atoms with Crippen LogP contribution in [0.1, 0.15) is 28.7 Å². The molecule has 0 radical (unpaired) electrons. The van der Waals surface area contributed by atoms with Crippen molar-refractivity contribution >= 4 is 40.2 Å². The average Bonchev–Trinajstić information content (AvgIpc) is 2.89. The number of ether oxygens (including phenoxy) is 1. The number of hydrogen-bond acceptors (Lipinski definition) is 3. The molecule has 3 rings (SSSR count). The molecule has 3 aromatic rings. The topological polar surface area (TPSA) is 44.1 Å². The summed E-state index contributed by atoms with van der Waals surface area (Å²) in [6.07, 6.45) is 0.742. The molecule has 130 valence electrons. The number of fused-ring (bicyclic) bond motifs is 1. The number of rotatable bonds is 5. The molecule has 2 aromatic carbocycles. The zero-order valence-corrected chi connectivity index (χ0v) is 15.6.